The summed E-state index contributed by atoms with van der Waals surface area (Å²) in [5.41, 5.74) is -0.596. The predicted molar refractivity (Wildman–Crippen MR) is 62.8 cm³/mol. The molecule has 0 heterocycles. The molecule has 0 saturated heterocycles. The molecule has 0 unspecified atom stereocenters. The molecule has 0 aliphatic rings. The van der Waals surface area contributed by atoms with E-state index in [9.17, 15) is 4.79 Å². The van der Waals surface area contributed by atoms with Gasteiger partial charge in [0.1, 0.15) is 11.4 Å². The molecule has 1 aromatic rings. The number of benzene rings is 1. The zero-order valence-electron chi connectivity index (χ0n) is 9.62. The third-order valence-electron chi connectivity index (χ3n) is 2.01. The van der Waals surface area contributed by atoms with E-state index in [0.29, 0.717) is 10.8 Å². The maximum Gasteiger partial charge on any atom is 0.309 e. The van der Waals surface area contributed by atoms with Gasteiger partial charge >= 0.3 is 5.97 Å². The third-order valence-corrected chi connectivity index (χ3v) is 2.26. The van der Waals surface area contributed by atoms with Crippen molar-refractivity contribution in [3.8, 4) is 5.75 Å². The molecule has 0 atom stereocenters. The van der Waals surface area contributed by atoms with Crippen molar-refractivity contribution < 1.29 is 14.3 Å². The number of halogens is 1. The molecule has 0 bridgehead atoms. The molecular formula is C12H15ClO3. The van der Waals surface area contributed by atoms with Crippen LogP contribution in [0.25, 0.3) is 0 Å². The lowest BCUT2D eigenvalue weighted by Crippen LogP contribution is -2.31. The maximum absolute atomic E-state index is 11.1. The Bertz CT molecular complexity index is 357. The van der Waals surface area contributed by atoms with E-state index in [1.165, 1.54) is 7.11 Å². The van der Waals surface area contributed by atoms with Crippen molar-refractivity contribution in [2.75, 3.05) is 7.11 Å². The lowest BCUT2D eigenvalue weighted by atomic mass is 10.1. The second-order valence-corrected chi connectivity index (χ2v) is 4.51. The van der Waals surface area contributed by atoms with E-state index in [2.05, 4.69) is 4.74 Å². The first-order valence-corrected chi connectivity index (χ1v) is 5.32. The number of ether oxygens (including phenoxy) is 2. The Hall–Kier alpha value is -1.22. The van der Waals surface area contributed by atoms with Crippen LogP contribution in [0, 0.1) is 0 Å². The van der Waals surface area contributed by atoms with Crippen molar-refractivity contribution in [1.82, 2.24) is 0 Å². The highest BCUT2D eigenvalue weighted by Crippen LogP contribution is 2.23. The van der Waals surface area contributed by atoms with Gasteiger partial charge in [0.05, 0.1) is 13.5 Å². The Balaban J connectivity index is 2.64. The van der Waals surface area contributed by atoms with E-state index in [-0.39, 0.29) is 12.4 Å². The molecule has 16 heavy (non-hydrogen) atoms. The number of hydrogen-bond donors (Lipinski definition) is 0. The fraction of sp³-hybridized carbons (Fsp3) is 0.417. The van der Waals surface area contributed by atoms with E-state index in [4.69, 9.17) is 16.3 Å². The van der Waals surface area contributed by atoms with Gasteiger partial charge in [0, 0.05) is 5.02 Å². The van der Waals surface area contributed by atoms with Crippen LogP contribution in [0.15, 0.2) is 24.3 Å². The third kappa shape index (κ3) is 4.11. The van der Waals surface area contributed by atoms with Gasteiger partial charge in [-0.25, -0.2) is 0 Å². The first kappa shape index (κ1) is 12.8. The smallest absolute Gasteiger partial charge is 0.309 e. The van der Waals surface area contributed by atoms with E-state index >= 15 is 0 Å². The Morgan fingerprint density at radius 1 is 1.31 bits per heavy atom. The number of rotatable bonds is 4. The summed E-state index contributed by atoms with van der Waals surface area (Å²) in [6.45, 7) is 3.66. The maximum atomic E-state index is 11.1. The molecule has 0 saturated carbocycles. The van der Waals surface area contributed by atoms with Gasteiger partial charge in [0.2, 0.25) is 0 Å². The number of hydrogen-bond acceptors (Lipinski definition) is 3. The van der Waals surface area contributed by atoms with Crippen LogP contribution in [0.4, 0.5) is 0 Å². The zero-order valence-corrected chi connectivity index (χ0v) is 10.4. The molecule has 0 spiro atoms. The molecule has 0 aliphatic heterocycles. The van der Waals surface area contributed by atoms with Crippen LogP contribution < -0.4 is 4.74 Å². The van der Waals surface area contributed by atoms with Gasteiger partial charge < -0.3 is 9.47 Å². The zero-order chi connectivity index (χ0) is 12.2. The van der Waals surface area contributed by atoms with Crippen LogP contribution in [-0.4, -0.2) is 18.7 Å². The minimum atomic E-state index is -0.596. The molecule has 4 heteroatoms. The van der Waals surface area contributed by atoms with Crippen LogP contribution in [0.5, 0.6) is 5.75 Å². The normalized spacial score (nSPS) is 11.0. The molecule has 0 N–H and O–H groups in total. The summed E-state index contributed by atoms with van der Waals surface area (Å²) < 4.78 is 10.3. The van der Waals surface area contributed by atoms with Gasteiger partial charge in [0.25, 0.3) is 0 Å². The highest BCUT2D eigenvalue weighted by Gasteiger charge is 2.24. The second kappa shape index (κ2) is 5.21. The fourth-order valence-corrected chi connectivity index (χ4v) is 1.40. The molecule has 1 aromatic carbocycles. The SMILES string of the molecule is COC(=O)CC(C)(C)Oc1ccc(Cl)cc1. The quantitative estimate of drug-likeness (QED) is 0.762. The number of methoxy groups -OCH3 is 1. The topological polar surface area (TPSA) is 35.5 Å². The summed E-state index contributed by atoms with van der Waals surface area (Å²) in [5, 5.41) is 0.651. The molecule has 88 valence electrons. The van der Waals surface area contributed by atoms with Crippen LogP contribution in [0.2, 0.25) is 5.02 Å². The molecule has 0 radical (unpaired) electrons. The van der Waals surface area contributed by atoms with Gasteiger partial charge in [-0.05, 0) is 38.1 Å². The highest BCUT2D eigenvalue weighted by molar-refractivity contribution is 6.30. The van der Waals surface area contributed by atoms with Gasteiger partial charge in [-0.2, -0.15) is 0 Å². The van der Waals surface area contributed by atoms with Gasteiger partial charge in [-0.3, -0.25) is 4.79 Å². The standard InChI is InChI=1S/C12H15ClO3/c1-12(2,8-11(14)15-3)16-10-6-4-9(13)5-7-10/h4-7H,8H2,1-3H3. The Kier molecular flexibility index (Phi) is 4.19. The molecule has 0 aliphatic carbocycles. The molecule has 0 aromatic heterocycles. The van der Waals surface area contributed by atoms with Gasteiger partial charge in [-0.15, -0.1) is 0 Å². The van der Waals surface area contributed by atoms with Crippen molar-refractivity contribution in [2.45, 2.75) is 25.9 Å². The van der Waals surface area contributed by atoms with E-state index in [0.717, 1.165) is 0 Å². The van der Waals surface area contributed by atoms with Crippen LogP contribution in [0.1, 0.15) is 20.3 Å². The Labute approximate surface area is 100 Å². The van der Waals surface area contributed by atoms with E-state index < -0.39 is 5.60 Å². The number of carbonyl (C=O) groups is 1. The average Bonchev–Trinajstić information content (AvgIpc) is 2.20. The highest BCUT2D eigenvalue weighted by atomic mass is 35.5. The Morgan fingerprint density at radius 2 is 1.88 bits per heavy atom. The van der Waals surface area contributed by atoms with E-state index in [1.807, 2.05) is 13.8 Å². The first-order chi connectivity index (χ1) is 7.43. The second-order valence-electron chi connectivity index (χ2n) is 4.07. The Morgan fingerprint density at radius 3 is 2.38 bits per heavy atom. The number of carbonyl (C=O) groups excluding carboxylic acids is 1. The average molecular weight is 243 g/mol. The molecule has 0 amide bonds. The lowest BCUT2D eigenvalue weighted by molar-refractivity contribution is -0.144. The van der Waals surface area contributed by atoms with Crippen molar-refractivity contribution in [3.05, 3.63) is 29.3 Å². The summed E-state index contributed by atoms with van der Waals surface area (Å²) in [6.07, 6.45) is 0.201. The first-order valence-electron chi connectivity index (χ1n) is 4.94. The van der Waals surface area contributed by atoms with Crippen molar-refractivity contribution in [2.24, 2.45) is 0 Å². The predicted octanol–water partition coefficient (Wildman–Crippen LogP) is 3.06. The van der Waals surface area contributed by atoms with Crippen LogP contribution >= 0.6 is 11.6 Å². The molecule has 3 nitrogen and oxygen atoms in total. The molecular weight excluding hydrogens is 228 g/mol. The summed E-state index contributed by atoms with van der Waals surface area (Å²) >= 11 is 5.76. The summed E-state index contributed by atoms with van der Waals surface area (Å²) in [4.78, 5) is 11.1. The number of esters is 1. The van der Waals surface area contributed by atoms with E-state index in [1.54, 1.807) is 24.3 Å². The fourth-order valence-electron chi connectivity index (χ4n) is 1.28. The largest absolute Gasteiger partial charge is 0.487 e. The summed E-state index contributed by atoms with van der Waals surface area (Å²) in [7, 11) is 1.36. The van der Waals surface area contributed by atoms with Crippen LogP contribution in [-0.2, 0) is 9.53 Å². The monoisotopic (exact) mass is 242 g/mol. The lowest BCUT2D eigenvalue weighted by Gasteiger charge is -2.25. The molecule has 0 fully saturated rings. The van der Waals surface area contributed by atoms with Crippen molar-refractivity contribution >= 4 is 17.6 Å². The molecule has 1 rings (SSSR count). The summed E-state index contributed by atoms with van der Waals surface area (Å²) in [5.74, 6) is 0.386. The van der Waals surface area contributed by atoms with Gasteiger partial charge in [-0.1, -0.05) is 11.6 Å². The van der Waals surface area contributed by atoms with Crippen LogP contribution in [0.3, 0.4) is 0 Å². The van der Waals surface area contributed by atoms with Gasteiger partial charge in [0.15, 0.2) is 0 Å². The minimum Gasteiger partial charge on any atom is -0.487 e. The summed E-state index contributed by atoms with van der Waals surface area (Å²) in [6, 6.07) is 7.01. The minimum absolute atomic E-state index is 0.201. The van der Waals surface area contributed by atoms with Crippen molar-refractivity contribution in [1.29, 1.82) is 0 Å². The van der Waals surface area contributed by atoms with Crippen molar-refractivity contribution in [3.63, 3.8) is 0 Å².